The van der Waals surface area contributed by atoms with Crippen LogP contribution < -0.4 is 0 Å². The molecule has 0 aromatic rings. The Hall–Kier alpha value is -0.720. The fourth-order valence-corrected chi connectivity index (χ4v) is 2.38. The summed E-state index contributed by atoms with van der Waals surface area (Å²) in [7, 11) is 0. The van der Waals surface area contributed by atoms with Crippen molar-refractivity contribution in [2.75, 3.05) is 6.61 Å². The Labute approximate surface area is 120 Å². The molecule has 0 unspecified atom stereocenters. The van der Waals surface area contributed by atoms with Crippen molar-refractivity contribution in [2.45, 2.75) is 77.6 Å². The van der Waals surface area contributed by atoms with Crippen LogP contribution in [0.4, 0.5) is 0 Å². The van der Waals surface area contributed by atoms with Gasteiger partial charge in [-0.15, -0.1) is 0 Å². The number of hydrogen-bond donors (Lipinski definition) is 0. The fraction of sp³-hybridized carbons (Fsp3) is 0.722. The van der Waals surface area contributed by atoms with E-state index in [0.717, 1.165) is 18.8 Å². The molecule has 0 aromatic carbocycles. The molecule has 0 aromatic heterocycles. The summed E-state index contributed by atoms with van der Waals surface area (Å²) in [5, 5.41) is 0. The van der Waals surface area contributed by atoms with Gasteiger partial charge in [-0.3, -0.25) is 0 Å². The first-order chi connectivity index (χ1) is 9.43. The first-order valence-electron chi connectivity index (χ1n) is 8.26. The third kappa shape index (κ3) is 9.81. The van der Waals surface area contributed by atoms with Crippen molar-refractivity contribution in [1.29, 1.82) is 0 Å². The summed E-state index contributed by atoms with van der Waals surface area (Å²) in [6.45, 7) is 3.16. The molecule has 0 N–H and O–H groups in total. The highest BCUT2D eigenvalue weighted by Gasteiger charge is 1.98. The van der Waals surface area contributed by atoms with Crippen molar-refractivity contribution in [1.82, 2.24) is 0 Å². The molecule has 0 bridgehead atoms. The maximum absolute atomic E-state index is 5.71. The average molecular weight is 263 g/mol. The number of ether oxygens (including phenoxy) is 1. The number of hydrogen-bond acceptors (Lipinski definition) is 1. The largest absolute Gasteiger partial charge is 0.494 e. The van der Waals surface area contributed by atoms with E-state index in [-0.39, 0.29) is 0 Å². The Morgan fingerprint density at radius 2 is 1.53 bits per heavy atom. The summed E-state index contributed by atoms with van der Waals surface area (Å²) in [4.78, 5) is 0. The second-order valence-corrected chi connectivity index (χ2v) is 5.47. The van der Waals surface area contributed by atoms with Crippen molar-refractivity contribution in [3.63, 3.8) is 0 Å². The van der Waals surface area contributed by atoms with E-state index >= 15 is 0 Å². The minimum atomic E-state index is 0.882. The molecule has 0 amide bonds. The lowest BCUT2D eigenvalue weighted by Gasteiger charge is -2.09. The normalized spacial score (nSPS) is 14.5. The second kappa shape index (κ2) is 12.3. The lowest BCUT2D eigenvalue weighted by molar-refractivity contribution is 0.215. The molecular weight excluding hydrogens is 232 g/mol. The monoisotopic (exact) mass is 263 g/mol. The van der Waals surface area contributed by atoms with Gasteiger partial charge in [0.25, 0.3) is 0 Å². The van der Waals surface area contributed by atoms with Gasteiger partial charge in [-0.2, -0.15) is 0 Å². The van der Waals surface area contributed by atoms with Crippen molar-refractivity contribution < 1.29 is 4.74 Å². The van der Waals surface area contributed by atoms with Crippen LogP contribution in [0.25, 0.3) is 0 Å². The summed E-state index contributed by atoms with van der Waals surface area (Å²) in [5.74, 6) is 1.05. The molecule has 0 aliphatic heterocycles. The maximum atomic E-state index is 5.71. The Kier molecular flexibility index (Phi) is 10.6. The Morgan fingerprint density at radius 1 is 0.895 bits per heavy atom. The van der Waals surface area contributed by atoms with Crippen molar-refractivity contribution in [3.8, 4) is 0 Å². The van der Waals surface area contributed by atoms with Gasteiger partial charge in [0.15, 0.2) is 0 Å². The summed E-state index contributed by atoms with van der Waals surface area (Å²) >= 11 is 0. The maximum Gasteiger partial charge on any atom is 0.115 e. The number of unbranched alkanes of at least 4 members (excludes halogenated alkanes) is 9. The van der Waals surface area contributed by atoms with Gasteiger partial charge in [-0.1, -0.05) is 70.8 Å². The van der Waals surface area contributed by atoms with Gasteiger partial charge in [0.2, 0.25) is 0 Å². The van der Waals surface area contributed by atoms with E-state index in [1.54, 1.807) is 0 Å². The van der Waals surface area contributed by atoms with Crippen LogP contribution in [-0.2, 0) is 4.74 Å². The molecule has 1 aliphatic rings. The molecule has 109 valence electrons. The highest BCUT2D eigenvalue weighted by Crippen LogP contribution is 2.13. The molecule has 0 spiro atoms. The van der Waals surface area contributed by atoms with Gasteiger partial charge in [-0.05, 0) is 31.4 Å². The quantitative estimate of drug-likeness (QED) is 0.394. The molecular formula is C18H31O. The smallest absolute Gasteiger partial charge is 0.115 e. The van der Waals surface area contributed by atoms with Crippen LogP contribution in [0, 0.1) is 6.42 Å². The van der Waals surface area contributed by atoms with Crippen molar-refractivity contribution in [3.05, 3.63) is 30.4 Å². The van der Waals surface area contributed by atoms with E-state index in [2.05, 4.69) is 31.6 Å². The average Bonchev–Trinajstić information content (AvgIpc) is 2.46. The molecule has 0 saturated carbocycles. The highest BCUT2D eigenvalue weighted by molar-refractivity contribution is 5.21. The Bertz CT molecular complexity index is 252. The number of allylic oxidation sites excluding steroid dienone is 3. The van der Waals surface area contributed by atoms with E-state index in [9.17, 15) is 0 Å². The summed E-state index contributed by atoms with van der Waals surface area (Å²) < 4.78 is 5.71. The molecule has 1 nitrogen and oxygen atoms in total. The van der Waals surface area contributed by atoms with Gasteiger partial charge in [0, 0.05) is 0 Å². The van der Waals surface area contributed by atoms with Gasteiger partial charge in [-0.25, -0.2) is 0 Å². The van der Waals surface area contributed by atoms with E-state index in [0.29, 0.717) is 0 Å². The van der Waals surface area contributed by atoms with Crippen LogP contribution >= 0.6 is 0 Å². The molecule has 1 aliphatic carbocycles. The van der Waals surface area contributed by atoms with Crippen molar-refractivity contribution in [2.24, 2.45) is 0 Å². The first-order valence-corrected chi connectivity index (χ1v) is 8.26. The minimum absolute atomic E-state index is 0.882. The van der Waals surface area contributed by atoms with Crippen LogP contribution in [0.5, 0.6) is 0 Å². The highest BCUT2D eigenvalue weighted by atomic mass is 16.5. The minimum Gasteiger partial charge on any atom is -0.494 e. The molecule has 1 heteroatoms. The van der Waals surface area contributed by atoms with E-state index in [1.807, 2.05) is 0 Å². The summed E-state index contributed by atoms with van der Waals surface area (Å²) in [6.07, 6.45) is 23.2. The van der Waals surface area contributed by atoms with E-state index in [1.165, 1.54) is 64.2 Å². The first kappa shape index (κ1) is 16.3. The predicted octanol–water partition coefficient (Wildman–Crippen LogP) is 5.97. The van der Waals surface area contributed by atoms with Crippen LogP contribution in [0.3, 0.4) is 0 Å². The molecule has 0 atom stereocenters. The fourth-order valence-electron chi connectivity index (χ4n) is 2.38. The zero-order valence-electron chi connectivity index (χ0n) is 12.7. The predicted molar refractivity (Wildman–Crippen MR) is 83.9 cm³/mol. The van der Waals surface area contributed by atoms with Gasteiger partial charge in [0.1, 0.15) is 5.76 Å². The molecule has 19 heavy (non-hydrogen) atoms. The van der Waals surface area contributed by atoms with Crippen molar-refractivity contribution >= 4 is 0 Å². The molecule has 1 rings (SSSR count). The van der Waals surface area contributed by atoms with Crippen LogP contribution in [0.15, 0.2) is 24.0 Å². The van der Waals surface area contributed by atoms with Crippen LogP contribution in [0.2, 0.25) is 0 Å². The SMILES string of the molecule is CCCCCCCCCCCCOC1=CC[CH]C=C1. The Balaban J connectivity index is 1.76. The standard InChI is InChI=1S/C18H31O/c1-2-3-4-5-6-7-8-9-10-14-17-19-18-15-12-11-13-16-18/h11-12,15-16H,2-10,13-14,17H2,1H3. The summed E-state index contributed by atoms with van der Waals surface area (Å²) in [6, 6.07) is 0. The number of rotatable bonds is 12. The zero-order valence-corrected chi connectivity index (χ0v) is 12.7. The van der Waals surface area contributed by atoms with Gasteiger partial charge < -0.3 is 4.74 Å². The van der Waals surface area contributed by atoms with E-state index < -0.39 is 0 Å². The molecule has 1 radical (unpaired) electrons. The van der Waals surface area contributed by atoms with Gasteiger partial charge >= 0.3 is 0 Å². The van der Waals surface area contributed by atoms with Crippen LogP contribution in [-0.4, -0.2) is 6.61 Å². The third-order valence-electron chi connectivity index (χ3n) is 3.62. The molecule has 0 fully saturated rings. The van der Waals surface area contributed by atoms with E-state index in [4.69, 9.17) is 4.74 Å². The molecule has 0 saturated heterocycles. The Morgan fingerprint density at radius 3 is 2.11 bits per heavy atom. The lowest BCUT2D eigenvalue weighted by atomic mass is 10.1. The van der Waals surface area contributed by atoms with Crippen LogP contribution in [0.1, 0.15) is 77.6 Å². The van der Waals surface area contributed by atoms with Gasteiger partial charge in [0.05, 0.1) is 6.61 Å². The topological polar surface area (TPSA) is 9.23 Å². The summed E-state index contributed by atoms with van der Waals surface area (Å²) in [5.41, 5.74) is 0. The third-order valence-corrected chi connectivity index (χ3v) is 3.62. The zero-order chi connectivity index (χ0) is 13.6. The lowest BCUT2D eigenvalue weighted by Crippen LogP contribution is -1.95. The second-order valence-electron chi connectivity index (χ2n) is 5.47. The molecule has 0 heterocycles.